The van der Waals surface area contributed by atoms with Crippen LogP contribution in [0, 0.1) is 5.82 Å². The van der Waals surface area contributed by atoms with Crippen LogP contribution in [0.5, 0.6) is 0 Å². The molecule has 2 heterocycles. The van der Waals surface area contributed by atoms with Crippen molar-refractivity contribution in [3.8, 4) is 0 Å². The van der Waals surface area contributed by atoms with E-state index in [1.807, 2.05) is 11.4 Å². The fraction of sp³-hybridized carbons (Fsp3) is 0.0714. The number of halogens is 2. The second kappa shape index (κ2) is 4.92. The van der Waals surface area contributed by atoms with E-state index in [1.54, 1.807) is 16.7 Å². The van der Waals surface area contributed by atoms with Crippen molar-refractivity contribution in [1.29, 1.82) is 0 Å². The third-order valence-electron chi connectivity index (χ3n) is 3.12. The number of benzene rings is 1. The summed E-state index contributed by atoms with van der Waals surface area (Å²) in [5.74, 6) is -1.48. The number of carboxylic acid groups (broad SMARTS) is 1. The minimum absolute atomic E-state index is 0.0906. The highest BCUT2D eigenvalue weighted by Crippen LogP contribution is 2.28. The molecule has 20 heavy (non-hydrogen) atoms. The highest BCUT2D eigenvalue weighted by molar-refractivity contribution is 7.17. The fourth-order valence-corrected chi connectivity index (χ4v) is 3.21. The summed E-state index contributed by atoms with van der Waals surface area (Å²) >= 11 is 7.45. The van der Waals surface area contributed by atoms with Crippen molar-refractivity contribution in [2.75, 3.05) is 0 Å². The third-order valence-corrected chi connectivity index (χ3v) is 4.33. The molecule has 6 heteroatoms. The molecular formula is C14H9ClFNO2S. The van der Waals surface area contributed by atoms with Gasteiger partial charge < -0.3 is 9.67 Å². The maximum atomic E-state index is 13.9. The standard InChI is InChI=1S/C14H9ClFNO2S/c15-9-2-1-3-10(16)8(9)7-17-11-4-5-20-13(11)6-12(17)14(18)19/h1-6H,7H2,(H,18,19). The molecule has 2 aromatic heterocycles. The van der Waals surface area contributed by atoms with Crippen molar-refractivity contribution < 1.29 is 14.3 Å². The molecule has 0 aliphatic carbocycles. The van der Waals surface area contributed by atoms with Gasteiger partial charge in [-0.15, -0.1) is 11.3 Å². The number of rotatable bonds is 3. The lowest BCUT2D eigenvalue weighted by Crippen LogP contribution is -2.10. The zero-order chi connectivity index (χ0) is 14.3. The van der Waals surface area contributed by atoms with Gasteiger partial charge in [0.15, 0.2) is 0 Å². The topological polar surface area (TPSA) is 42.2 Å². The molecule has 0 amide bonds. The van der Waals surface area contributed by atoms with Crippen molar-refractivity contribution in [3.05, 3.63) is 57.8 Å². The quantitative estimate of drug-likeness (QED) is 0.786. The number of hydrogen-bond donors (Lipinski definition) is 1. The van der Waals surface area contributed by atoms with Crippen LogP contribution in [0.2, 0.25) is 5.02 Å². The van der Waals surface area contributed by atoms with Gasteiger partial charge >= 0.3 is 5.97 Å². The Kier molecular flexibility index (Phi) is 3.23. The number of aromatic carboxylic acids is 1. The zero-order valence-corrected chi connectivity index (χ0v) is 11.7. The largest absolute Gasteiger partial charge is 0.477 e. The number of carboxylic acids is 1. The van der Waals surface area contributed by atoms with Crippen molar-refractivity contribution in [1.82, 2.24) is 4.57 Å². The number of hydrogen-bond acceptors (Lipinski definition) is 2. The van der Waals surface area contributed by atoms with E-state index in [2.05, 4.69) is 0 Å². The highest BCUT2D eigenvalue weighted by Gasteiger charge is 2.18. The maximum absolute atomic E-state index is 13.9. The van der Waals surface area contributed by atoms with Crippen LogP contribution < -0.4 is 0 Å². The first kappa shape index (κ1) is 13.1. The van der Waals surface area contributed by atoms with Gasteiger partial charge in [-0.3, -0.25) is 0 Å². The van der Waals surface area contributed by atoms with E-state index in [4.69, 9.17) is 11.6 Å². The Morgan fingerprint density at radius 1 is 1.40 bits per heavy atom. The summed E-state index contributed by atoms with van der Waals surface area (Å²) in [4.78, 5) is 11.3. The summed E-state index contributed by atoms with van der Waals surface area (Å²) < 4.78 is 16.3. The first-order valence-corrected chi connectivity index (χ1v) is 7.06. The van der Waals surface area contributed by atoms with Crippen LogP contribution in [-0.4, -0.2) is 15.6 Å². The van der Waals surface area contributed by atoms with Crippen LogP contribution in [0.15, 0.2) is 35.7 Å². The SMILES string of the molecule is O=C(O)c1cc2sccc2n1Cc1c(F)cccc1Cl. The summed E-state index contributed by atoms with van der Waals surface area (Å²) in [6, 6.07) is 7.85. The molecule has 0 bridgehead atoms. The van der Waals surface area contributed by atoms with E-state index in [1.165, 1.54) is 23.5 Å². The van der Waals surface area contributed by atoms with Crippen LogP contribution in [0.1, 0.15) is 16.1 Å². The first-order valence-electron chi connectivity index (χ1n) is 5.81. The Hall–Kier alpha value is -1.85. The molecule has 0 saturated heterocycles. The molecule has 0 aliphatic rings. The summed E-state index contributed by atoms with van der Waals surface area (Å²) in [5, 5.41) is 11.4. The van der Waals surface area contributed by atoms with E-state index >= 15 is 0 Å². The van der Waals surface area contributed by atoms with Gasteiger partial charge in [-0.2, -0.15) is 0 Å². The molecule has 0 radical (unpaired) electrons. The van der Waals surface area contributed by atoms with Gasteiger partial charge in [0.1, 0.15) is 11.5 Å². The highest BCUT2D eigenvalue weighted by atomic mass is 35.5. The van der Waals surface area contributed by atoms with Crippen LogP contribution >= 0.6 is 22.9 Å². The predicted molar refractivity (Wildman–Crippen MR) is 77.3 cm³/mol. The van der Waals surface area contributed by atoms with Crippen molar-refractivity contribution in [2.24, 2.45) is 0 Å². The number of nitrogens with zero attached hydrogens (tertiary/aromatic N) is 1. The van der Waals surface area contributed by atoms with Crippen LogP contribution in [0.25, 0.3) is 10.2 Å². The van der Waals surface area contributed by atoms with E-state index in [0.29, 0.717) is 10.6 Å². The lowest BCUT2D eigenvalue weighted by Gasteiger charge is -2.10. The molecule has 102 valence electrons. The number of carbonyl (C=O) groups is 1. The second-order valence-corrected chi connectivity index (χ2v) is 5.65. The predicted octanol–water partition coefficient (Wildman–Crippen LogP) is 4.24. The summed E-state index contributed by atoms with van der Waals surface area (Å²) in [6.07, 6.45) is 0. The molecule has 0 aliphatic heterocycles. The monoisotopic (exact) mass is 309 g/mol. The molecule has 0 unspecified atom stereocenters. The zero-order valence-electron chi connectivity index (χ0n) is 10.1. The molecule has 3 rings (SSSR count). The Morgan fingerprint density at radius 3 is 2.90 bits per heavy atom. The second-order valence-electron chi connectivity index (χ2n) is 4.29. The van der Waals surface area contributed by atoms with Gasteiger partial charge in [-0.05, 0) is 29.6 Å². The van der Waals surface area contributed by atoms with Gasteiger partial charge in [-0.25, -0.2) is 9.18 Å². The molecular weight excluding hydrogens is 301 g/mol. The van der Waals surface area contributed by atoms with Gasteiger partial charge in [-0.1, -0.05) is 17.7 Å². The van der Waals surface area contributed by atoms with Gasteiger partial charge in [0.05, 0.1) is 16.8 Å². The first-order chi connectivity index (χ1) is 9.58. The van der Waals surface area contributed by atoms with Crippen LogP contribution in [0.3, 0.4) is 0 Å². The normalized spacial score (nSPS) is 11.1. The molecule has 1 N–H and O–H groups in total. The average Bonchev–Trinajstić information content (AvgIpc) is 2.95. The molecule has 3 aromatic rings. The van der Waals surface area contributed by atoms with E-state index in [-0.39, 0.29) is 12.2 Å². The Balaban J connectivity index is 2.16. The van der Waals surface area contributed by atoms with Gasteiger partial charge in [0.2, 0.25) is 0 Å². The minimum atomic E-state index is -1.04. The van der Waals surface area contributed by atoms with Crippen LogP contribution in [-0.2, 0) is 6.54 Å². The van der Waals surface area contributed by atoms with Gasteiger partial charge in [0, 0.05) is 10.6 Å². The fourth-order valence-electron chi connectivity index (χ4n) is 2.17. The molecule has 0 saturated carbocycles. The maximum Gasteiger partial charge on any atom is 0.352 e. The van der Waals surface area contributed by atoms with E-state index in [0.717, 1.165) is 10.2 Å². The number of thiophene rings is 1. The average molecular weight is 310 g/mol. The molecule has 3 nitrogen and oxygen atoms in total. The van der Waals surface area contributed by atoms with Crippen molar-refractivity contribution in [3.63, 3.8) is 0 Å². The molecule has 0 fully saturated rings. The van der Waals surface area contributed by atoms with Crippen molar-refractivity contribution >= 4 is 39.1 Å². The Bertz CT molecular complexity index is 788. The molecule has 0 spiro atoms. The molecule has 0 atom stereocenters. The Morgan fingerprint density at radius 2 is 2.20 bits per heavy atom. The summed E-state index contributed by atoms with van der Waals surface area (Å²) in [6.45, 7) is 0.0906. The number of fused-ring (bicyclic) bond motifs is 1. The lowest BCUT2D eigenvalue weighted by atomic mass is 10.2. The third kappa shape index (κ3) is 2.09. The van der Waals surface area contributed by atoms with Crippen molar-refractivity contribution in [2.45, 2.75) is 6.54 Å². The minimum Gasteiger partial charge on any atom is -0.477 e. The van der Waals surface area contributed by atoms with Crippen LogP contribution in [0.4, 0.5) is 4.39 Å². The lowest BCUT2D eigenvalue weighted by molar-refractivity contribution is 0.0686. The smallest absolute Gasteiger partial charge is 0.352 e. The molecule has 1 aromatic carbocycles. The van der Waals surface area contributed by atoms with E-state index in [9.17, 15) is 14.3 Å². The summed E-state index contributed by atoms with van der Waals surface area (Å²) in [7, 11) is 0. The van der Waals surface area contributed by atoms with Gasteiger partial charge in [0.25, 0.3) is 0 Å². The summed E-state index contributed by atoms with van der Waals surface area (Å²) in [5.41, 5.74) is 1.19. The number of aromatic nitrogens is 1. The van der Waals surface area contributed by atoms with E-state index < -0.39 is 11.8 Å². The Labute approximate surface area is 122 Å².